The van der Waals surface area contributed by atoms with E-state index in [4.69, 9.17) is 0 Å². The Balaban J connectivity index is 1.45. The van der Waals surface area contributed by atoms with Crippen LogP contribution in [0.15, 0.2) is 34.7 Å². The molecule has 7 heteroatoms. The van der Waals surface area contributed by atoms with Crippen LogP contribution in [-0.2, 0) is 14.8 Å². The van der Waals surface area contributed by atoms with E-state index < -0.39 is 10.0 Å². The van der Waals surface area contributed by atoms with Gasteiger partial charge in [0.1, 0.15) is 0 Å². The van der Waals surface area contributed by atoms with Gasteiger partial charge in [-0.1, -0.05) is 29.3 Å². The van der Waals surface area contributed by atoms with Crippen molar-refractivity contribution < 1.29 is 18.1 Å². The van der Waals surface area contributed by atoms with Crippen LogP contribution < -0.4 is 10.2 Å². The number of aryl methyl sites for hydroxylation is 2. The van der Waals surface area contributed by atoms with Crippen LogP contribution in [0.1, 0.15) is 43.2 Å². The van der Waals surface area contributed by atoms with Gasteiger partial charge in [-0.25, -0.2) is 8.42 Å². The zero-order chi connectivity index (χ0) is 20.9. The summed E-state index contributed by atoms with van der Waals surface area (Å²) in [5, 5.41) is 3.02. The number of amides is 1. The first-order valence-corrected chi connectivity index (χ1v) is 12.2. The third-order valence-electron chi connectivity index (χ3n) is 5.94. The largest absolute Gasteiger partial charge is 0.351 e. The fraction of sp³-hybridized carbons (Fsp3) is 0.591. The molecule has 1 heterocycles. The van der Waals surface area contributed by atoms with E-state index in [0.29, 0.717) is 44.2 Å². The van der Waals surface area contributed by atoms with Crippen LogP contribution in [0.25, 0.3) is 0 Å². The Morgan fingerprint density at radius 3 is 2.59 bits per heavy atom. The highest BCUT2D eigenvalue weighted by Crippen LogP contribution is 2.21. The third-order valence-corrected chi connectivity index (χ3v) is 8.00. The Morgan fingerprint density at radius 1 is 1.17 bits per heavy atom. The molecule has 29 heavy (non-hydrogen) atoms. The maximum absolute atomic E-state index is 13.0. The summed E-state index contributed by atoms with van der Waals surface area (Å²) in [4.78, 5) is 13.8. The van der Waals surface area contributed by atoms with Crippen molar-refractivity contribution in [3.63, 3.8) is 0 Å². The van der Waals surface area contributed by atoms with E-state index >= 15 is 0 Å². The number of rotatable bonds is 7. The van der Waals surface area contributed by atoms with Gasteiger partial charge < -0.3 is 10.2 Å². The smallest absolute Gasteiger partial charge is 0.275 e. The molecule has 2 aliphatic rings. The minimum Gasteiger partial charge on any atom is -0.351 e. The molecule has 1 aromatic rings. The van der Waals surface area contributed by atoms with Gasteiger partial charge in [0.05, 0.1) is 31.1 Å². The van der Waals surface area contributed by atoms with Crippen LogP contribution in [0.2, 0.25) is 0 Å². The van der Waals surface area contributed by atoms with Crippen LogP contribution in [0, 0.1) is 13.8 Å². The van der Waals surface area contributed by atoms with Gasteiger partial charge in [0.15, 0.2) is 6.54 Å². The monoisotopic (exact) mass is 420 g/mol. The number of quaternary nitrogens is 1. The number of allylic oxidation sites excluding steroid dienone is 1. The van der Waals surface area contributed by atoms with Crippen molar-refractivity contribution in [3.05, 3.63) is 41.0 Å². The molecule has 0 unspecified atom stereocenters. The van der Waals surface area contributed by atoms with Gasteiger partial charge in [0, 0.05) is 6.54 Å². The highest BCUT2D eigenvalue weighted by atomic mass is 32.2. The lowest BCUT2D eigenvalue weighted by Gasteiger charge is -2.31. The molecule has 1 saturated heterocycles. The molecule has 1 fully saturated rings. The zero-order valence-corrected chi connectivity index (χ0v) is 18.5. The van der Waals surface area contributed by atoms with Gasteiger partial charge in [-0.3, -0.25) is 4.79 Å². The number of hydrogen-bond acceptors (Lipinski definition) is 3. The highest BCUT2D eigenvalue weighted by molar-refractivity contribution is 7.89. The standard InChI is InChI=1S/C22H33N3O3S/c1-18-8-9-21(19(2)16-18)29(27,28)25-14-12-24(13-15-25)17-22(26)23-11-10-20-6-4-3-5-7-20/h6,8-9,16H,3-5,7,10-15,17H2,1-2H3,(H,23,26)/p+1. The van der Waals surface area contributed by atoms with Gasteiger partial charge in [-0.05, 0) is 57.6 Å². The Bertz CT molecular complexity index is 856. The van der Waals surface area contributed by atoms with Crippen molar-refractivity contribution in [3.8, 4) is 0 Å². The Labute approximate surface area is 175 Å². The van der Waals surface area contributed by atoms with E-state index in [2.05, 4.69) is 11.4 Å². The molecule has 1 aliphatic carbocycles. The summed E-state index contributed by atoms with van der Waals surface area (Å²) in [5.41, 5.74) is 3.31. The molecule has 1 amide bonds. The first-order valence-electron chi connectivity index (χ1n) is 10.7. The maximum atomic E-state index is 13.0. The fourth-order valence-electron chi connectivity index (χ4n) is 4.23. The molecule has 1 aliphatic heterocycles. The summed E-state index contributed by atoms with van der Waals surface area (Å²) in [7, 11) is -3.47. The lowest BCUT2D eigenvalue weighted by atomic mass is 9.97. The molecule has 3 rings (SSSR count). The zero-order valence-electron chi connectivity index (χ0n) is 17.7. The summed E-state index contributed by atoms with van der Waals surface area (Å²) in [6.07, 6.45) is 8.14. The van der Waals surface area contributed by atoms with E-state index in [-0.39, 0.29) is 5.91 Å². The fourth-order valence-corrected chi connectivity index (χ4v) is 5.88. The quantitative estimate of drug-likeness (QED) is 0.651. The number of sulfonamides is 1. The van der Waals surface area contributed by atoms with Gasteiger partial charge in [-0.2, -0.15) is 4.31 Å². The molecular formula is C22H34N3O3S+. The number of piperazine rings is 1. The van der Waals surface area contributed by atoms with Gasteiger partial charge in [-0.15, -0.1) is 0 Å². The minimum absolute atomic E-state index is 0.0575. The van der Waals surface area contributed by atoms with Crippen molar-refractivity contribution in [1.29, 1.82) is 0 Å². The molecule has 1 aromatic carbocycles. The van der Waals surface area contributed by atoms with Crippen LogP contribution in [-0.4, -0.2) is 57.9 Å². The second-order valence-corrected chi connectivity index (χ2v) is 10.2. The van der Waals surface area contributed by atoms with Gasteiger partial charge in [0.25, 0.3) is 5.91 Å². The number of nitrogens with zero attached hydrogens (tertiary/aromatic N) is 1. The van der Waals surface area contributed by atoms with Crippen molar-refractivity contribution in [1.82, 2.24) is 9.62 Å². The SMILES string of the molecule is Cc1ccc(S(=O)(=O)N2CC[NH+](CC(=O)NCCC3=CCCCC3)CC2)c(C)c1. The lowest BCUT2D eigenvalue weighted by molar-refractivity contribution is -0.895. The third kappa shape index (κ3) is 5.90. The van der Waals surface area contributed by atoms with Crippen molar-refractivity contribution in [2.45, 2.75) is 50.8 Å². The molecule has 0 spiro atoms. The van der Waals surface area contributed by atoms with Crippen LogP contribution in [0.3, 0.4) is 0 Å². The van der Waals surface area contributed by atoms with Crippen LogP contribution in [0.4, 0.5) is 0 Å². The van der Waals surface area contributed by atoms with E-state index in [9.17, 15) is 13.2 Å². The number of carbonyl (C=O) groups excluding carboxylic acids is 1. The number of hydrogen-bond donors (Lipinski definition) is 2. The highest BCUT2D eigenvalue weighted by Gasteiger charge is 2.31. The Kier molecular flexibility index (Phi) is 7.49. The molecule has 160 valence electrons. The van der Waals surface area contributed by atoms with Crippen molar-refractivity contribution in [2.75, 3.05) is 39.3 Å². The molecule has 0 saturated carbocycles. The topological polar surface area (TPSA) is 70.9 Å². The van der Waals surface area contributed by atoms with E-state index in [1.54, 1.807) is 10.4 Å². The second kappa shape index (κ2) is 9.87. The average molecular weight is 421 g/mol. The van der Waals surface area contributed by atoms with Gasteiger partial charge >= 0.3 is 0 Å². The molecular weight excluding hydrogens is 386 g/mol. The predicted octanol–water partition coefficient (Wildman–Crippen LogP) is 1.20. The number of carbonyl (C=O) groups is 1. The minimum atomic E-state index is -3.47. The van der Waals surface area contributed by atoms with Crippen LogP contribution >= 0.6 is 0 Å². The first-order chi connectivity index (χ1) is 13.9. The van der Waals surface area contributed by atoms with E-state index in [1.807, 2.05) is 26.0 Å². The molecule has 2 N–H and O–H groups in total. The summed E-state index contributed by atoms with van der Waals surface area (Å²) < 4.78 is 27.5. The Morgan fingerprint density at radius 2 is 1.93 bits per heavy atom. The van der Waals surface area contributed by atoms with Crippen molar-refractivity contribution in [2.24, 2.45) is 0 Å². The number of benzene rings is 1. The molecule has 0 radical (unpaired) electrons. The van der Waals surface area contributed by atoms with E-state index in [0.717, 1.165) is 28.9 Å². The molecule has 0 bridgehead atoms. The summed E-state index contributed by atoms with van der Waals surface area (Å²) in [6, 6.07) is 5.45. The Hall–Kier alpha value is -1.70. The van der Waals surface area contributed by atoms with Crippen molar-refractivity contribution >= 4 is 15.9 Å². The summed E-state index contributed by atoms with van der Waals surface area (Å²) in [6.45, 7) is 7.13. The second-order valence-electron chi connectivity index (χ2n) is 8.31. The van der Waals surface area contributed by atoms with Crippen LogP contribution in [0.5, 0.6) is 0 Å². The normalized spacial score (nSPS) is 19.0. The van der Waals surface area contributed by atoms with Gasteiger partial charge in [0.2, 0.25) is 10.0 Å². The summed E-state index contributed by atoms with van der Waals surface area (Å²) in [5.74, 6) is 0.0575. The molecule has 0 aromatic heterocycles. The lowest BCUT2D eigenvalue weighted by Crippen LogP contribution is -3.15. The maximum Gasteiger partial charge on any atom is 0.275 e. The average Bonchev–Trinajstić information content (AvgIpc) is 2.69. The number of nitrogens with one attached hydrogen (secondary N) is 2. The molecule has 0 atom stereocenters. The van der Waals surface area contributed by atoms with E-state index in [1.165, 1.54) is 24.8 Å². The first kappa shape index (κ1) is 22.0. The predicted molar refractivity (Wildman–Crippen MR) is 114 cm³/mol. The summed E-state index contributed by atoms with van der Waals surface area (Å²) >= 11 is 0. The molecule has 6 nitrogen and oxygen atoms in total.